The molecular formula is C17H18N4O5S. The lowest BCUT2D eigenvalue weighted by Gasteiger charge is -2.13. The minimum atomic E-state index is -0.699. The standard InChI is InChI=1S/C17H18N4O5S/c1-21(2)16(23)14(20-19-10-7-5-6-8-11(10)25-3)15-18-13(22)9-12(27-15)17(24)26-4/h5-9,19H,1-4H3. The Labute approximate surface area is 159 Å². The van der Waals surface area contributed by atoms with Crippen LogP contribution in [0.1, 0.15) is 14.7 Å². The normalized spacial score (nSPS) is 10.9. The number of carbonyl (C=O) groups is 2. The minimum absolute atomic E-state index is 0.0102. The first-order valence-electron chi connectivity index (χ1n) is 7.66. The molecule has 2 rings (SSSR count). The van der Waals surface area contributed by atoms with E-state index in [9.17, 15) is 14.4 Å². The van der Waals surface area contributed by atoms with Crippen LogP contribution in [0.15, 0.2) is 40.2 Å². The molecule has 1 aromatic carbocycles. The molecule has 9 nitrogen and oxygen atoms in total. The molecule has 0 saturated carbocycles. The van der Waals surface area contributed by atoms with Gasteiger partial charge in [-0.15, -0.1) is 11.3 Å². The number of amides is 1. The van der Waals surface area contributed by atoms with Crippen LogP contribution in [-0.4, -0.2) is 55.8 Å². The SMILES string of the molecule is COC(=O)c1cc(=O)nc(C(=NNc2ccccc2OC)C(=O)N(C)C)s1. The Balaban J connectivity index is 2.53. The van der Waals surface area contributed by atoms with Gasteiger partial charge in [0.2, 0.25) is 0 Å². The van der Waals surface area contributed by atoms with Crippen molar-refractivity contribution in [2.75, 3.05) is 33.7 Å². The predicted octanol–water partition coefficient (Wildman–Crippen LogP) is 1.20. The third-order valence-electron chi connectivity index (χ3n) is 3.27. The molecule has 1 N–H and O–H groups in total. The van der Waals surface area contributed by atoms with Crippen LogP contribution in [0.5, 0.6) is 5.75 Å². The summed E-state index contributed by atoms with van der Waals surface area (Å²) in [5.41, 5.74) is 2.45. The van der Waals surface area contributed by atoms with Crippen molar-refractivity contribution >= 4 is 34.6 Å². The van der Waals surface area contributed by atoms with Gasteiger partial charge in [0.05, 0.1) is 19.9 Å². The van der Waals surface area contributed by atoms with Crippen molar-refractivity contribution in [1.29, 1.82) is 0 Å². The number of likely N-dealkylation sites (N-methyl/N-ethyl adjacent to an activating group) is 1. The fourth-order valence-corrected chi connectivity index (χ4v) is 2.86. The van der Waals surface area contributed by atoms with Crippen LogP contribution < -0.4 is 15.7 Å². The highest BCUT2D eigenvalue weighted by Crippen LogP contribution is 2.23. The number of nitrogens with one attached hydrogen (secondary N) is 1. The van der Waals surface area contributed by atoms with E-state index >= 15 is 0 Å². The van der Waals surface area contributed by atoms with Crippen molar-refractivity contribution < 1.29 is 19.1 Å². The zero-order valence-corrected chi connectivity index (χ0v) is 16.0. The van der Waals surface area contributed by atoms with Crippen molar-refractivity contribution in [3.8, 4) is 5.75 Å². The Morgan fingerprint density at radius 1 is 1.22 bits per heavy atom. The van der Waals surface area contributed by atoms with E-state index < -0.39 is 17.4 Å². The molecule has 0 saturated heterocycles. The number of para-hydroxylation sites is 2. The van der Waals surface area contributed by atoms with Gasteiger partial charge in [-0.25, -0.2) is 4.79 Å². The maximum Gasteiger partial charge on any atom is 0.348 e. The number of hydrogen-bond donors (Lipinski definition) is 1. The van der Waals surface area contributed by atoms with E-state index in [1.54, 1.807) is 24.3 Å². The van der Waals surface area contributed by atoms with Crippen molar-refractivity contribution in [1.82, 2.24) is 9.88 Å². The van der Waals surface area contributed by atoms with Gasteiger partial charge in [0.25, 0.3) is 11.5 Å². The summed E-state index contributed by atoms with van der Waals surface area (Å²) in [6.45, 7) is 0. The molecule has 1 heterocycles. The predicted molar refractivity (Wildman–Crippen MR) is 102 cm³/mol. The lowest BCUT2D eigenvalue weighted by molar-refractivity contribution is -0.121. The fourth-order valence-electron chi connectivity index (χ4n) is 1.96. The topological polar surface area (TPSA) is 110 Å². The Morgan fingerprint density at radius 2 is 1.93 bits per heavy atom. The maximum atomic E-state index is 12.6. The zero-order chi connectivity index (χ0) is 20.0. The van der Waals surface area contributed by atoms with E-state index in [-0.39, 0.29) is 15.6 Å². The molecule has 0 bridgehead atoms. The first kappa shape index (κ1) is 20.0. The van der Waals surface area contributed by atoms with Gasteiger partial charge < -0.3 is 14.4 Å². The molecule has 0 spiro atoms. The number of rotatable bonds is 6. The molecule has 2 aromatic rings. The third-order valence-corrected chi connectivity index (χ3v) is 4.25. The maximum absolute atomic E-state index is 12.6. The van der Waals surface area contributed by atoms with Crippen LogP contribution in [-0.2, 0) is 9.53 Å². The second-order valence-electron chi connectivity index (χ2n) is 5.33. The van der Waals surface area contributed by atoms with E-state index in [0.717, 1.165) is 17.4 Å². The monoisotopic (exact) mass is 390 g/mol. The number of hydrogen-bond acceptors (Lipinski definition) is 9. The number of ether oxygens (including phenoxy) is 2. The summed E-state index contributed by atoms with van der Waals surface area (Å²) in [5, 5.41) is 4.10. The molecule has 0 aliphatic heterocycles. The molecular weight excluding hydrogens is 372 g/mol. The number of aromatic nitrogens is 1. The third kappa shape index (κ3) is 4.88. The molecule has 27 heavy (non-hydrogen) atoms. The summed E-state index contributed by atoms with van der Waals surface area (Å²) in [6.07, 6.45) is 0. The quantitative estimate of drug-likeness (QED) is 0.448. The van der Waals surface area contributed by atoms with E-state index in [0.29, 0.717) is 11.4 Å². The average Bonchev–Trinajstić information content (AvgIpc) is 2.67. The molecule has 1 amide bonds. The molecule has 142 valence electrons. The van der Waals surface area contributed by atoms with E-state index in [1.165, 1.54) is 33.2 Å². The second-order valence-corrected chi connectivity index (χ2v) is 6.36. The summed E-state index contributed by atoms with van der Waals surface area (Å²) in [5.74, 6) is -0.681. The molecule has 0 aliphatic rings. The molecule has 1 aromatic heterocycles. The summed E-state index contributed by atoms with van der Waals surface area (Å²) < 4.78 is 9.86. The van der Waals surface area contributed by atoms with Gasteiger partial charge in [-0.05, 0) is 12.1 Å². The summed E-state index contributed by atoms with van der Waals surface area (Å²) in [6, 6.07) is 8.03. The highest BCUT2D eigenvalue weighted by Gasteiger charge is 2.22. The lowest BCUT2D eigenvalue weighted by Crippen LogP contribution is -2.32. The van der Waals surface area contributed by atoms with Crippen LogP contribution in [0, 0.1) is 0 Å². The number of esters is 1. The Hall–Kier alpha value is -3.27. The Kier molecular flexibility index (Phi) is 6.61. The number of nitrogens with zero attached hydrogens (tertiary/aromatic N) is 3. The smallest absolute Gasteiger partial charge is 0.348 e. The number of carbonyl (C=O) groups excluding carboxylic acids is 2. The second kappa shape index (κ2) is 8.90. The molecule has 0 radical (unpaired) electrons. The molecule has 0 aliphatic carbocycles. The average molecular weight is 390 g/mol. The van der Waals surface area contributed by atoms with Gasteiger partial charge in [-0.3, -0.25) is 15.0 Å². The molecule has 0 atom stereocenters. The molecule has 0 unspecified atom stereocenters. The number of hydrazone groups is 1. The van der Waals surface area contributed by atoms with E-state index in [4.69, 9.17) is 4.74 Å². The summed E-state index contributed by atoms with van der Waals surface area (Å²) >= 11 is 0.833. The number of methoxy groups -OCH3 is 2. The first-order valence-corrected chi connectivity index (χ1v) is 8.48. The lowest BCUT2D eigenvalue weighted by atomic mass is 10.3. The van der Waals surface area contributed by atoms with Crippen LogP contribution >= 0.6 is 11.3 Å². The van der Waals surface area contributed by atoms with E-state index in [1.807, 2.05) is 0 Å². The van der Waals surface area contributed by atoms with Crippen molar-refractivity contribution in [2.24, 2.45) is 5.10 Å². The molecule has 0 fully saturated rings. The number of anilines is 1. The van der Waals surface area contributed by atoms with Crippen LogP contribution in [0.25, 0.3) is 0 Å². The van der Waals surface area contributed by atoms with Crippen LogP contribution in [0.2, 0.25) is 0 Å². The Morgan fingerprint density at radius 3 is 2.56 bits per heavy atom. The Bertz CT molecular complexity index is 939. The highest BCUT2D eigenvalue weighted by atomic mass is 32.1. The number of benzene rings is 1. The zero-order valence-electron chi connectivity index (χ0n) is 15.2. The minimum Gasteiger partial charge on any atom is -0.495 e. The van der Waals surface area contributed by atoms with Gasteiger partial charge >= 0.3 is 5.97 Å². The van der Waals surface area contributed by atoms with Gasteiger partial charge in [-0.1, -0.05) is 12.1 Å². The van der Waals surface area contributed by atoms with Gasteiger partial charge in [0, 0.05) is 20.2 Å². The fraction of sp³-hybridized carbons (Fsp3) is 0.235. The van der Waals surface area contributed by atoms with Crippen molar-refractivity contribution in [2.45, 2.75) is 0 Å². The van der Waals surface area contributed by atoms with Crippen LogP contribution in [0.4, 0.5) is 5.69 Å². The summed E-state index contributed by atoms with van der Waals surface area (Å²) in [7, 11) is 5.77. The van der Waals surface area contributed by atoms with E-state index in [2.05, 4.69) is 20.2 Å². The molecule has 10 heteroatoms. The van der Waals surface area contributed by atoms with Gasteiger partial charge in [0.15, 0.2) is 10.7 Å². The van der Waals surface area contributed by atoms with Gasteiger partial charge in [0.1, 0.15) is 10.6 Å². The highest BCUT2D eigenvalue weighted by molar-refractivity contribution is 7.16. The van der Waals surface area contributed by atoms with Crippen molar-refractivity contribution in [3.63, 3.8) is 0 Å². The van der Waals surface area contributed by atoms with Crippen LogP contribution in [0.3, 0.4) is 0 Å². The van der Waals surface area contributed by atoms with Gasteiger partial charge in [-0.2, -0.15) is 10.1 Å². The largest absolute Gasteiger partial charge is 0.495 e. The first-order chi connectivity index (χ1) is 12.9. The van der Waals surface area contributed by atoms with Crippen molar-refractivity contribution in [3.05, 3.63) is 50.6 Å². The summed E-state index contributed by atoms with van der Waals surface area (Å²) in [4.78, 5) is 41.3.